The normalized spacial score (nSPS) is 14.5. The molecule has 110 valence electrons. The van der Waals surface area contributed by atoms with Gasteiger partial charge in [0.05, 0.1) is 18.4 Å². The van der Waals surface area contributed by atoms with Gasteiger partial charge in [-0.1, -0.05) is 0 Å². The summed E-state index contributed by atoms with van der Waals surface area (Å²) in [4.78, 5) is 14.6. The molecule has 1 saturated heterocycles. The van der Waals surface area contributed by atoms with E-state index in [1.165, 1.54) is 6.20 Å². The Balaban J connectivity index is 2.01. The molecule has 0 radical (unpaired) electrons. The molecule has 0 aliphatic carbocycles. The van der Waals surface area contributed by atoms with Crippen molar-refractivity contribution in [2.45, 2.75) is 19.8 Å². The summed E-state index contributed by atoms with van der Waals surface area (Å²) >= 11 is 0. The Morgan fingerprint density at radius 2 is 2.10 bits per heavy atom. The van der Waals surface area contributed by atoms with Crippen LogP contribution in [0.4, 0.5) is 10.2 Å². The van der Waals surface area contributed by atoms with Gasteiger partial charge in [0.15, 0.2) is 17.5 Å². The molecule has 1 aliphatic heterocycles. The average Bonchev–Trinajstić information content (AvgIpc) is 3.03. The zero-order chi connectivity index (χ0) is 14.7. The van der Waals surface area contributed by atoms with E-state index in [4.69, 9.17) is 4.74 Å². The highest BCUT2D eigenvalue weighted by molar-refractivity contribution is 5.63. The van der Waals surface area contributed by atoms with E-state index in [9.17, 15) is 4.39 Å². The highest BCUT2D eigenvalue weighted by atomic mass is 19.1. The van der Waals surface area contributed by atoms with Crippen LogP contribution in [0.2, 0.25) is 0 Å². The smallest absolute Gasteiger partial charge is 0.224 e. The van der Waals surface area contributed by atoms with Crippen molar-refractivity contribution in [2.24, 2.45) is 0 Å². The highest BCUT2D eigenvalue weighted by Gasteiger charge is 2.20. The third kappa shape index (κ3) is 2.79. The second kappa shape index (κ2) is 6.03. The average molecular weight is 288 g/mol. The molecule has 5 nitrogen and oxygen atoms in total. The lowest BCUT2D eigenvalue weighted by Gasteiger charge is -2.17. The Kier molecular flexibility index (Phi) is 3.94. The molecular weight excluding hydrogens is 271 g/mol. The van der Waals surface area contributed by atoms with Gasteiger partial charge in [0.25, 0.3) is 0 Å². The number of aromatic nitrogens is 3. The van der Waals surface area contributed by atoms with Gasteiger partial charge in [-0.3, -0.25) is 0 Å². The first-order chi connectivity index (χ1) is 10.3. The summed E-state index contributed by atoms with van der Waals surface area (Å²) in [6.07, 6.45) is 5.00. The number of rotatable bonds is 4. The first-order valence-corrected chi connectivity index (χ1v) is 7.15. The van der Waals surface area contributed by atoms with Crippen molar-refractivity contribution in [3.8, 4) is 17.3 Å². The van der Waals surface area contributed by atoms with Crippen LogP contribution < -0.4 is 9.64 Å². The van der Waals surface area contributed by atoms with Gasteiger partial charge in [0.2, 0.25) is 5.88 Å². The maximum absolute atomic E-state index is 14.0. The zero-order valence-corrected chi connectivity index (χ0v) is 11.9. The Bertz CT molecular complexity index is 629. The van der Waals surface area contributed by atoms with Crippen LogP contribution in [0, 0.1) is 5.82 Å². The largest absolute Gasteiger partial charge is 0.477 e. The number of nitrogens with zero attached hydrogens (tertiary/aromatic N) is 4. The highest BCUT2D eigenvalue weighted by Crippen LogP contribution is 2.28. The quantitative estimate of drug-likeness (QED) is 0.865. The molecule has 1 aliphatic rings. The summed E-state index contributed by atoms with van der Waals surface area (Å²) in [5.41, 5.74) is 0.680. The first-order valence-electron chi connectivity index (χ1n) is 7.15. The van der Waals surface area contributed by atoms with E-state index in [-0.39, 0.29) is 5.82 Å². The molecule has 0 aromatic carbocycles. The summed E-state index contributed by atoms with van der Waals surface area (Å²) in [6.45, 7) is 4.06. The van der Waals surface area contributed by atoms with E-state index in [0.29, 0.717) is 29.7 Å². The van der Waals surface area contributed by atoms with Crippen LogP contribution in [0.5, 0.6) is 5.88 Å². The number of pyridine rings is 1. The molecule has 2 aromatic heterocycles. The Morgan fingerprint density at radius 1 is 1.29 bits per heavy atom. The molecule has 2 aromatic rings. The third-order valence-corrected chi connectivity index (χ3v) is 3.42. The van der Waals surface area contributed by atoms with Crippen molar-refractivity contribution < 1.29 is 9.13 Å². The number of ether oxygens (including phenoxy) is 1. The van der Waals surface area contributed by atoms with Crippen molar-refractivity contribution in [1.29, 1.82) is 0 Å². The number of halogens is 1. The molecule has 0 spiro atoms. The van der Waals surface area contributed by atoms with Crippen LogP contribution in [-0.4, -0.2) is 34.6 Å². The molecule has 0 atom stereocenters. The van der Waals surface area contributed by atoms with Crippen LogP contribution in [0.1, 0.15) is 19.8 Å². The molecule has 0 amide bonds. The molecule has 1 fully saturated rings. The van der Waals surface area contributed by atoms with E-state index in [1.807, 2.05) is 17.9 Å². The summed E-state index contributed by atoms with van der Waals surface area (Å²) < 4.78 is 19.5. The minimum Gasteiger partial charge on any atom is -0.477 e. The monoisotopic (exact) mass is 288 g/mol. The molecule has 0 N–H and O–H groups in total. The summed E-state index contributed by atoms with van der Waals surface area (Å²) in [7, 11) is 0. The molecular formula is C15H17FN4O. The zero-order valence-electron chi connectivity index (χ0n) is 11.9. The van der Waals surface area contributed by atoms with Crippen molar-refractivity contribution in [2.75, 3.05) is 24.6 Å². The Hall–Kier alpha value is -2.24. The lowest BCUT2D eigenvalue weighted by Crippen LogP contribution is -2.21. The van der Waals surface area contributed by atoms with Gasteiger partial charge in [-0.25, -0.2) is 19.3 Å². The van der Waals surface area contributed by atoms with E-state index in [2.05, 4.69) is 15.0 Å². The minimum atomic E-state index is -0.387. The topological polar surface area (TPSA) is 51.1 Å². The third-order valence-electron chi connectivity index (χ3n) is 3.42. The van der Waals surface area contributed by atoms with Crippen molar-refractivity contribution >= 4 is 5.82 Å². The van der Waals surface area contributed by atoms with Crippen LogP contribution in [0.25, 0.3) is 11.4 Å². The second-order valence-electron chi connectivity index (χ2n) is 4.85. The van der Waals surface area contributed by atoms with Gasteiger partial charge in [-0.2, -0.15) is 0 Å². The predicted molar refractivity (Wildman–Crippen MR) is 77.8 cm³/mol. The Morgan fingerprint density at radius 3 is 2.86 bits per heavy atom. The molecule has 0 bridgehead atoms. The summed E-state index contributed by atoms with van der Waals surface area (Å²) in [5, 5.41) is 0. The van der Waals surface area contributed by atoms with Crippen LogP contribution in [-0.2, 0) is 0 Å². The molecule has 3 heterocycles. The number of hydrogen-bond donors (Lipinski definition) is 0. The van der Waals surface area contributed by atoms with E-state index in [0.717, 1.165) is 25.9 Å². The molecule has 21 heavy (non-hydrogen) atoms. The molecule has 6 heteroatoms. The van der Waals surface area contributed by atoms with Gasteiger partial charge in [-0.05, 0) is 31.9 Å². The Labute approximate surface area is 122 Å². The van der Waals surface area contributed by atoms with E-state index < -0.39 is 0 Å². The maximum atomic E-state index is 14.0. The fraction of sp³-hybridized carbons (Fsp3) is 0.400. The SMILES string of the molecule is CCOc1ncccc1-c1ncc(F)c(N2CCCC2)n1. The predicted octanol–water partition coefficient (Wildman–Crippen LogP) is 2.68. The lowest BCUT2D eigenvalue weighted by molar-refractivity contribution is 0.328. The first kappa shape index (κ1) is 13.7. The van der Waals surface area contributed by atoms with Crippen molar-refractivity contribution in [1.82, 2.24) is 15.0 Å². The summed E-state index contributed by atoms with van der Waals surface area (Å²) in [6, 6.07) is 3.62. The lowest BCUT2D eigenvalue weighted by atomic mass is 10.2. The van der Waals surface area contributed by atoms with Crippen LogP contribution in [0.15, 0.2) is 24.5 Å². The van der Waals surface area contributed by atoms with Gasteiger partial charge < -0.3 is 9.64 Å². The number of hydrogen-bond acceptors (Lipinski definition) is 5. The van der Waals surface area contributed by atoms with Crippen molar-refractivity contribution in [3.05, 3.63) is 30.3 Å². The van der Waals surface area contributed by atoms with Gasteiger partial charge in [-0.15, -0.1) is 0 Å². The minimum absolute atomic E-state index is 0.365. The second-order valence-corrected chi connectivity index (χ2v) is 4.85. The molecule has 0 saturated carbocycles. The fourth-order valence-electron chi connectivity index (χ4n) is 2.45. The molecule has 0 unspecified atom stereocenters. The van der Waals surface area contributed by atoms with Crippen LogP contribution >= 0.6 is 0 Å². The van der Waals surface area contributed by atoms with E-state index in [1.54, 1.807) is 12.3 Å². The van der Waals surface area contributed by atoms with Gasteiger partial charge in [0, 0.05) is 19.3 Å². The standard InChI is InChI=1S/C15H17FN4O/c1-2-21-15-11(6-5-7-17-15)13-18-10-12(16)14(19-13)20-8-3-4-9-20/h5-7,10H,2-4,8-9H2,1H3. The maximum Gasteiger partial charge on any atom is 0.224 e. The van der Waals surface area contributed by atoms with Gasteiger partial charge in [0.1, 0.15) is 0 Å². The van der Waals surface area contributed by atoms with Crippen molar-refractivity contribution in [3.63, 3.8) is 0 Å². The number of anilines is 1. The van der Waals surface area contributed by atoms with Gasteiger partial charge >= 0.3 is 0 Å². The van der Waals surface area contributed by atoms with Crippen LogP contribution in [0.3, 0.4) is 0 Å². The summed E-state index contributed by atoms with van der Waals surface area (Å²) in [5.74, 6) is 0.889. The fourth-order valence-corrected chi connectivity index (χ4v) is 2.45. The van der Waals surface area contributed by atoms with E-state index >= 15 is 0 Å². The molecule has 3 rings (SSSR count).